The molecule has 1 aliphatic heterocycles. The second-order valence-corrected chi connectivity index (χ2v) is 7.72. The van der Waals surface area contributed by atoms with Gasteiger partial charge in [0.05, 0.1) is 11.3 Å². The second-order valence-electron chi connectivity index (χ2n) is 7.72. The first-order valence-electron chi connectivity index (χ1n) is 10.5. The lowest BCUT2D eigenvalue weighted by Crippen LogP contribution is -2.39. The van der Waals surface area contributed by atoms with Gasteiger partial charge in [-0.25, -0.2) is 9.97 Å². The second kappa shape index (κ2) is 9.47. The normalized spacial score (nSPS) is 16.0. The van der Waals surface area contributed by atoms with Crippen molar-refractivity contribution in [2.24, 2.45) is 0 Å². The molecule has 7 heteroatoms. The lowest BCUT2D eigenvalue weighted by Gasteiger charge is -2.32. The summed E-state index contributed by atoms with van der Waals surface area (Å²) in [6, 6.07) is 13.2. The third-order valence-electron chi connectivity index (χ3n) is 5.54. The maximum Gasteiger partial charge on any atom is 0.254 e. The van der Waals surface area contributed by atoms with Crippen molar-refractivity contribution in [2.75, 3.05) is 13.1 Å². The summed E-state index contributed by atoms with van der Waals surface area (Å²) in [7, 11) is 0. The maximum atomic E-state index is 12.8. The van der Waals surface area contributed by atoms with Crippen LogP contribution in [0.25, 0.3) is 0 Å². The fourth-order valence-corrected chi connectivity index (χ4v) is 3.83. The molecule has 0 spiro atoms. The Kier molecular flexibility index (Phi) is 6.31. The summed E-state index contributed by atoms with van der Waals surface area (Å²) in [4.78, 5) is 40.3. The molecule has 3 aromatic rings. The summed E-state index contributed by atoms with van der Waals surface area (Å²) in [5, 5.41) is 2.92. The van der Waals surface area contributed by atoms with Gasteiger partial charge in [-0.05, 0) is 37.5 Å². The Bertz CT molecular complexity index is 1060. The summed E-state index contributed by atoms with van der Waals surface area (Å²) >= 11 is 0. The summed E-state index contributed by atoms with van der Waals surface area (Å²) in [6.45, 7) is 3.57. The number of rotatable bonds is 5. The molecule has 7 nitrogen and oxygen atoms in total. The molecule has 4 rings (SSSR count). The molecule has 158 valence electrons. The van der Waals surface area contributed by atoms with Crippen LogP contribution in [0.1, 0.15) is 56.6 Å². The van der Waals surface area contributed by atoms with Gasteiger partial charge in [0.15, 0.2) is 0 Å². The van der Waals surface area contributed by atoms with Crippen LogP contribution in [-0.4, -0.2) is 44.8 Å². The maximum absolute atomic E-state index is 12.8. The van der Waals surface area contributed by atoms with Crippen LogP contribution >= 0.6 is 0 Å². The average Bonchev–Trinajstić information content (AvgIpc) is 2.83. The number of nitrogens with one attached hydrogen (secondary N) is 1. The quantitative estimate of drug-likeness (QED) is 0.692. The molecule has 1 aliphatic rings. The minimum absolute atomic E-state index is 0.000678. The van der Waals surface area contributed by atoms with Gasteiger partial charge in [-0.15, -0.1) is 0 Å². The van der Waals surface area contributed by atoms with Gasteiger partial charge in [-0.1, -0.05) is 30.3 Å². The Morgan fingerprint density at radius 1 is 1.13 bits per heavy atom. The van der Waals surface area contributed by atoms with E-state index in [2.05, 4.69) is 20.3 Å². The molecule has 31 heavy (non-hydrogen) atoms. The van der Waals surface area contributed by atoms with Gasteiger partial charge in [0.1, 0.15) is 5.82 Å². The van der Waals surface area contributed by atoms with E-state index in [-0.39, 0.29) is 17.7 Å². The fourth-order valence-electron chi connectivity index (χ4n) is 3.83. The van der Waals surface area contributed by atoms with Crippen LogP contribution in [0.3, 0.4) is 0 Å². The van der Waals surface area contributed by atoms with Crippen LogP contribution in [0.2, 0.25) is 0 Å². The zero-order valence-corrected chi connectivity index (χ0v) is 17.5. The Morgan fingerprint density at radius 3 is 2.65 bits per heavy atom. The number of aryl methyl sites for hydroxylation is 1. The number of aromatic nitrogens is 3. The van der Waals surface area contributed by atoms with E-state index in [0.29, 0.717) is 35.7 Å². The van der Waals surface area contributed by atoms with Crippen molar-refractivity contribution in [1.82, 2.24) is 25.2 Å². The molecule has 0 bridgehead atoms. The SMILES string of the molecule is Cc1nc([C@@H]2CCCN(C(=O)c3ccncc3)C2)ncc1C(=O)NCc1ccccc1. The van der Waals surface area contributed by atoms with Crippen LogP contribution in [-0.2, 0) is 6.54 Å². The first-order valence-corrected chi connectivity index (χ1v) is 10.5. The predicted molar refractivity (Wildman–Crippen MR) is 116 cm³/mol. The number of piperidine rings is 1. The van der Waals surface area contributed by atoms with Gasteiger partial charge in [0.2, 0.25) is 0 Å². The Labute approximate surface area is 181 Å². The molecular weight excluding hydrogens is 390 g/mol. The highest BCUT2D eigenvalue weighted by Gasteiger charge is 2.27. The predicted octanol–water partition coefficient (Wildman–Crippen LogP) is 3.13. The highest BCUT2D eigenvalue weighted by molar-refractivity contribution is 5.95. The van der Waals surface area contributed by atoms with Gasteiger partial charge in [-0.3, -0.25) is 14.6 Å². The fraction of sp³-hybridized carbons (Fsp3) is 0.292. The molecule has 1 N–H and O–H groups in total. The third kappa shape index (κ3) is 4.94. The minimum atomic E-state index is -0.189. The van der Waals surface area contributed by atoms with Crippen molar-refractivity contribution in [2.45, 2.75) is 32.2 Å². The van der Waals surface area contributed by atoms with Crippen molar-refractivity contribution in [3.63, 3.8) is 0 Å². The number of amides is 2. The molecule has 3 heterocycles. The number of pyridine rings is 1. The lowest BCUT2D eigenvalue weighted by molar-refractivity contribution is 0.0704. The van der Waals surface area contributed by atoms with Crippen molar-refractivity contribution in [3.05, 3.63) is 89.3 Å². The Balaban J connectivity index is 1.42. The van der Waals surface area contributed by atoms with Crippen molar-refractivity contribution >= 4 is 11.8 Å². The molecule has 1 aromatic carbocycles. The first-order chi connectivity index (χ1) is 15.1. The first kappa shape index (κ1) is 20.7. The topological polar surface area (TPSA) is 88.1 Å². The number of nitrogens with zero attached hydrogens (tertiary/aromatic N) is 4. The van der Waals surface area contributed by atoms with Crippen LogP contribution in [0.15, 0.2) is 61.1 Å². The van der Waals surface area contributed by atoms with Gasteiger partial charge in [-0.2, -0.15) is 0 Å². The van der Waals surface area contributed by atoms with E-state index in [1.165, 1.54) is 0 Å². The monoisotopic (exact) mass is 415 g/mol. The van der Waals surface area contributed by atoms with Crippen molar-refractivity contribution in [1.29, 1.82) is 0 Å². The van der Waals surface area contributed by atoms with Gasteiger partial charge in [0, 0.05) is 49.7 Å². The largest absolute Gasteiger partial charge is 0.348 e. The summed E-state index contributed by atoms with van der Waals surface area (Å²) in [6.07, 6.45) is 6.66. The van der Waals surface area contributed by atoms with Crippen LogP contribution in [0.5, 0.6) is 0 Å². The van der Waals surface area contributed by atoms with E-state index in [4.69, 9.17) is 0 Å². The standard InChI is InChI=1S/C24H25N5O2/c1-17-21(23(30)27-14-18-6-3-2-4-7-18)15-26-22(28-17)20-8-5-13-29(16-20)24(31)19-9-11-25-12-10-19/h2-4,6-7,9-12,15,20H,5,8,13-14,16H2,1H3,(H,27,30)/t20-/m1/s1. The molecule has 2 amide bonds. The molecule has 0 saturated carbocycles. The van der Waals surface area contributed by atoms with Gasteiger partial charge >= 0.3 is 0 Å². The molecule has 0 unspecified atom stereocenters. The number of benzene rings is 1. The number of likely N-dealkylation sites (tertiary alicyclic amines) is 1. The minimum Gasteiger partial charge on any atom is -0.348 e. The van der Waals surface area contributed by atoms with Crippen LogP contribution in [0, 0.1) is 6.92 Å². The number of hydrogen-bond acceptors (Lipinski definition) is 5. The van der Waals surface area contributed by atoms with E-state index in [9.17, 15) is 9.59 Å². The summed E-state index contributed by atoms with van der Waals surface area (Å²) in [5.74, 6) is 0.552. The van der Waals surface area contributed by atoms with E-state index < -0.39 is 0 Å². The van der Waals surface area contributed by atoms with Crippen LogP contribution < -0.4 is 5.32 Å². The molecule has 0 radical (unpaired) electrons. The van der Waals surface area contributed by atoms with Crippen molar-refractivity contribution in [3.8, 4) is 0 Å². The molecular formula is C24H25N5O2. The van der Waals surface area contributed by atoms with E-state index >= 15 is 0 Å². The Hall–Kier alpha value is -3.61. The molecule has 1 saturated heterocycles. The number of carbonyl (C=O) groups is 2. The zero-order valence-electron chi connectivity index (χ0n) is 17.5. The smallest absolute Gasteiger partial charge is 0.254 e. The lowest BCUT2D eigenvalue weighted by atomic mass is 9.96. The number of carbonyl (C=O) groups excluding carboxylic acids is 2. The summed E-state index contributed by atoms with van der Waals surface area (Å²) in [5.41, 5.74) is 2.79. The zero-order chi connectivity index (χ0) is 21.6. The highest BCUT2D eigenvalue weighted by Crippen LogP contribution is 2.26. The average molecular weight is 415 g/mol. The highest BCUT2D eigenvalue weighted by atomic mass is 16.2. The Morgan fingerprint density at radius 2 is 1.90 bits per heavy atom. The molecule has 0 aliphatic carbocycles. The van der Waals surface area contributed by atoms with E-state index in [1.807, 2.05) is 42.2 Å². The van der Waals surface area contributed by atoms with Crippen molar-refractivity contribution < 1.29 is 9.59 Å². The van der Waals surface area contributed by atoms with Crippen LogP contribution in [0.4, 0.5) is 0 Å². The third-order valence-corrected chi connectivity index (χ3v) is 5.54. The molecule has 1 fully saturated rings. The van der Waals surface area contributed by atoms with E-state index in [0.717, 1.165) is 24.9 Å². The molecule has 1 atom stereocenters. The molecule has 2 aromatic heterocycles. The number of hydrogen-bond donors (Lipinski definition) is 1. The van der Waals surface area contributed by atoms with Gasteiger partial charge in [0.25, 0.3) is 11.8 Å². The van der Waals surface area contributed by atoms with Gasteiger partial charge < -0.3 is 10.2 Å². The summed E-state index contributed by atoms with van der Waals surface area (Å²) < 4.78 is 0. The van der Waals surface area contributed by atoms with E-state index in [1.54, 1.807) is 30.7 Å².